The molecule has 3 amide bonds. The molecule has 0 saturated carbocycles. The van der Waals surface area contributed by atoms with E-state index in [4.69, 9.17) is 22.1 Å². The number of para-hydroxylation sites is 1. The Morgan fingerprint density at radius 3 is 2.45 bits per heavy atom. The molecule has 2 aromatic carbocycles. The molecule has 0 unspecified atom stereocenters. The third kappa shape index (κ3) is 3.50. The van der Waals surface area contributed by atoms with Gasteiger partial charge in [-0.15, -0.1) is 0 Å². The molecule has 0 radical (unpaired) electrons. The van der Waals surface area contributed by atoms with Crippen molar-refractivity contribution in [3.63, 3.8) is 0 Å². The second-order valence-corrected chi connectivity index (χ2v) is 10.8. The topological polar surface area (TPSA) is 122 Å². The quantitative estimate of drug-likeness (QED) is 0.396. The standard InChI is InChI=1S/C27H24BrClN4O5/c1-4-38-25(36)19-22(30)33(15-10-8-14(29)9-11-15)21-18(23(34)32(24(21)35)12-13(2)3)27(19)16-6-5-7-17(28)20(16)31-26(27)37/h5-11,13H,4,12,30H2,1-3H3,(H,31,37)/t27-/m0/s1. The van der Waals surface area contributed by atoms with E-state index in [1.807, 2.05) is 13.8 Å². The predicted octanol–water partition coefficient (Wildman–Crippen LogP) is 3.82. The van der Waals surface area contributed by atoms with Gasteiger partial charge in [-0.25, -0.2) is 4.79 Å². The van der Waals surface area contributed by atoms with Crippen LogP contribution in [0, 0.1) is 5.92 Å². The molecule has 3 heterocycles. The monoisotopic (exact) mass is 598 g/mol. The minimum atomic E-state index is -2.01. The lowest BCUT2D eigenvalue weighted by Crippen LogP contribution is -2.51. The van der Waals surface area contributed by atoms with Crippen LogP contribution in [-0.4, -0.2) is 41.7 Å². The normalized spacial score (nSPS) is 20.5. The number of ether oxygens (including phenoxy) is 1. The molecule has 11 heteroatoms. The highest BCUT2D eigenvalue weighted by molar-refractivity contribution is 9.10. The lowest BCUT2D eigenvalue weighted by molar-refractivity contribution is -0.140. The number of rotatable bonds is 5. The summed E-state index contributed by atoms with van der Waals surface area (Å²) in [5, 5.41) is 3.24. The van der Waals surface area contributed by atoms with Gasteiger partial charge in [-0.3, -0.25) is 24.2 Å². The van der Waals surface area contributed by atoms with Crippen molar-refractivity contribution in [2.24, 2.45) is 11.7 Å². The predicted molar refractivity (Wildman–Crippen MR) is 145 cm³/mol. The van der Waals surface area contributed by atoms with Crippen LogP contribution in [0.2, 0.25) is 5.02 Å². The van der Waals surface area contributed by atoms with Gasteiger partial charge in [-0.2, -0.15) is 0 Å². The number of imide groups is 1. The maximum absolute atomic E-state index is 14.1. The molecule has 3 aliphatic heterocycles. The SMILES string of the molecule is CCOC(=O)C1=C(N)N(c2ccc(Cl)cc2)C2=C(C(=O)N(CC(C)C)C2=O)[C@]12C(=O)Nc1c(Br)cccc12. The molecule has 3 aliphatic rings. The van der Waals surface area contributed by atoms with Crippen molar-refractivity contribution in [2.75, 3.05) is 23.4 Å². The molecule has 9 nitrogen and oxygen atoms in total. The number of carbonyl (C=O) groups excluding carboxylic acids is 4. The van der Waals surface area contributed by atoms with Gasteiger partial charge in [0.25, 0.3) is 11.8 Å². The number of anilines is 2. The van der Waals surface area contributed by atoms with Crippen LogP contribution in [0.15, 0.2) is 69.6 Å². The molecule has 0 fully saturated rings. The fourth-order valence-corrected chi connectivity index (χ4v) is 5.89. The molecule has 38 heavy (non-hydrogen) atoms. The summed E-state index contributed by atoms with van der Waals surface area (Å²) in [5.74, 6) is -3.09. The summed E-state index contributed by atoms with van der Waals surface area (Å²) in [6.07, 6.45) is 0. The average molecular weight is 600 g/mol. The van der Waals surface area contributed by atoms with Gasteiger partial charge in [0.2, 0.25) is 5.91 Å². The van der Waals surface area contributed by atoms with Crippen molar-refractivity contribution in [3.8, 4) is 0 Å². The second kappa shape index (κ2) is 9.28. The number of nitrogens with two attached hydrogens (primary N) is 1. The fraction of sp³-hybridized carbons (Fsp3) is 0.259. The molecule has 196 valence electrons. The number of amides is 3. The van der Waals surface area contributed by atoms with Crippen LogP contribution in [0.5, 0.6) is 0 Å². The third-order valence-electron chi connectivity index (χ3n) is 6.72. The van der Waals surface area contributed by atoms with E-state index in [0.29, 0.717) is 26.4 Å². The number of nitrogens with one attached hydrogen (secondary N) is 1. The van der Waals surface area contributed by atoms with Gasteiger partial charge in [0.05, 0.1) is 17.9 Å². The lowest BCUT2D eigenvalue weighted by atomic mass is 9.66. The van der Waals surface area contributed by atoms with E-state index < -0.39 is 29.1 Å². The number of benzene rings is 2. The van der Waals surface area contributed by atoms with Gasteiger partial charge in [-0.1, -0.05) is 37.6 Å². The highest BCUT2D eigenvalue weighted by Gasteiger charge is 2.66. The number of carbonyl (C=O) groups is 4. The Morgan fingerprint density at radius 1 is 1.13 bits per heavy atom. The summed E-state index contributed by atoms with van der Waals surface area (Å²) in [6, 6.07) is 11.5. The van der Waals surface area contributed by atoms with Crippen molar-refractivity contribution in [2.45, 2.75) is 26.2 Å². The zero-order valence-electron chi connectivity index (χ0n) is 20.8. The molecule has 0 aliphatic carbocycles. The van der Waals surface area contributed by atoms with Gasteiger partial charge in [0.1, 0.15) is 22.5 Å². The van der Waals surface area contributed by atoms with E-state index in [0.717, 1.165) is 4.90 Å². The Kier molecular flexibility index (Phi) is 6.35. The first-order valence-electron chi connectivity index (χ1n) is 12.0. The smallest absolute Gasteiger partial charge is 0.339 e. The number of esters is 1. The van der Waals surface area contributed by atoms with Crippen LogP contribution in [0.3, 0.4) is 0 Å². The maximum atomic E-state index is 14.1. The highest BCUT2D eigenvalue weighted by atomic mass is 79.9. The zero-order valence-corrected chi connectivity index (χ0v) is 23.1. The first-order chi connectivity index (χ1) is 18.0. The van der Waals surface area contributed by atoms with Crippen molar-refractivity contribution >= 4 is 62.6 Å². The number of nitrogens with zero attached hydrogens (tertiary/aromatic N) is 2. The van der Waals surface area contributed by atoms with Crippen molar-refractivity contribution < 1.29 is 23.9 Å². The number of halogens is 2. The minimum Gasteiger partial charge on any atom is -0.462 e. The average Bonchev–Trinajstić information content (AvgIpc) is 3.28. The Labute approximate surface area is 232 Å². The molecule has 1 atom stereocenters. The molecule has 1 spiro atoms. The Balaban J connectivity index is 1.91. The van der Waals surface area contributed by atoms with Gasteiger partial charge in [0, 0.05) is 27.3 Å². The van der Waals surface area contributed by atoms with E-state index in [1.165, 1.54) is 4.90 Å². The van der Waals surface area contributed by atoms with E-state index in [1.54, 1.807) is 49.4 Å². The Bertz CT molecular complexity index is 1480. The first-order valence-corrected chi connectivity index (χ1v) is 13.2. The van der Waals surface area contributed by atoms with Crippen LogP contribution in [0.4, 0.5) is 11.4 Å². The van der Waals surface area contributed by atoms with E-state index in [9.17, 15) is 19.2 Å². The molecule has 0 saturated heterocycles. The summed E-state index contributed by atoms with van der Waals surface area (Å²) in [5.41, 5.74) is 5.30. The summed E-state index contributed by atoms with van der Waals surface area (Å²) in [7, 11) is 0. The Hall–Kier alpha value is -3.63. The summed E-state index contributed by atoms with van der Waals surface area (Å²) >= 11 is 9.55. The molecular weight excluding hydrogens is 576 g/mol. The van der Waals surface area contributed by atoms with Crippen LogP contribution >= 0.6 is 27.5 Å². The van der Waals surface area contributed by atoms with Crippen molar-refractivity contribution in [1.29, 1.82) is 0 Å². The van der Waals surface area contributed by atoms with Crippen LogP contribution in [-0.2, 0) is 29.3 Å². The molecule has 0 bridgehead atoms. The van der Waals surface area contributed by atoms with Gasteiger partial charge >= 0.3 is 5.97 Å². The third-order valence-corrected chi connectivity index (χ3v) is 7.64. The van der Waals surface area contributed by atoms with Crippen LogP contribution in [0.25, 0.3) is 0 Å². The zero-order chi connectivity index (χ0) is 27.5. The summed E-state index contributed by atoms with van der Waals surface area (Å²) in [4.78, 5) is 58.2. The molecular formula is C27H24BrClN4O5. The van der Waals surface area contributed by atoms with Gasteiger partial charge in [0.15, 0.2) is 0 Å². The second-order valence-electron chi connectivity index (χ2n) is 9.50. The summed E-state index contributed by atoms with van der Waals surface area (Å²) in [6.45, 7) is 5.47. The first kappa shape index (κ1) is 26.0. The number of hydrogen-bond donors (Lipinski definition) is 2. The highest BCUT2D eigenvalue weighted by Crippen LogP contribution is 2.56. The maximum Gasteiger partial charge on any atom is 0.339 e. The minimum absolute atomic E-state index is 0.00213. The fourth-order valence-electron chi connectivity index (χ4n) is 5.30. The number of hydrogen-bond acceptors (Lipinski definition) is 7. The van der Waals surface area contributed by atoms with E-state index in [2.05, 4.69) is 21.2 Å². The largest absolute Gasteiger partial charge is 0.462 e. The number of fused-ring (bicyclic) bond motifs is 3. The van der Waals surface area contributed by atoms with Crippen molar-refractivity contribution in [3.05, 3.63) is 80.2 Å². The Morgan fingerprint density at radius 2 is 1.82 bits per heavy atom. The molecule has 3 N–H and O–H groups in total. The van der Waals surface area contributed by atoms with Crippen LogP contribution in [0.1, 0.15) is 26.3 Å². The van der Waals surface area contributed by atoms with Crippen LogP contribution < -0.4 is 16.0 Å². The molecule has 2 aromatic rings. The summed E-state index contributed by atoms with van der Waals surface area (Å²) < 4.78 is 5.93. The van der Waals surface area contributed by atoms with Crippen molar-refractivity contribution in [1.82, 2.24) is 4.90 Å². The molecule has 0 aromatic heterocycles. The molecule has 5 rings (SSSR count). The van der Waals surface area contributed by atoms with E-state index >= 15 is 0 Å². The van der Waals surface area contributed by atoms with Gasteiger partial charge < -0.3 is 15.8 Å². The van der Waals surface area contributed by atoms with E-state index in [-0.39, 0.29) is 41.7 Å². The van der Waals surface area contributed by atoms with Gasteiger partial charge in [-0.05, 0) is 59.1 Å². The lowest BCUT2D eigenvalue weighted by Gasteiger charge is -2.39.